The Bertz CT molecular complexity index is 1040. The highest BCUT2D eigenvalue weighted by Gasteiger charge is 2.31. The van der Waals surface area contributed by atoms with E-state index < -0.39 is 10.0 Å². The second-order valence-corrected chi connectivity index (χ2v) is 9.60. The number of thiazole rings is 1. The molecule has 1 aliphatic heterocycles. The van der Waals surface area contributed by atoms with Crippen LogP contribution in [0.3, 0.4) is 0 Å². The molecule has 0 saturated carbocycles. The molecule has 2 aromatic carbocycles. The minimum atomic E-state index is -3.90. The number of para-hydroxylation sites is 1. The van der Waals surface area contributed by atoms with Crippen LogP contribution in [0.15, 0.2) is 59.5 Å². The summed E-state index contributed by atoms with van der Waals surface area (Å²) in [5.74, 6) is -0.182. The van der Waals surface area contributed by atoms with Gasteiger partial charge in [-0.3, -0.25) is 4.79 Å². The topological polar surface area (TPSA) is 70.6 Å². The first kappa shape index (κ1) is 18.9. The molecule has 8 heteroatoms. The standard InChI is InChI=1S/C20H21N3O3S2/c24-19(22-13-7-2-8-14-22)15-23(28(25,26)16-9-3-1-4-10-16)20-21-17-11-5-6-12-18(17)27-20/h1,3-6,9-12H,2,7-8,13-15H2. The fourth-order valence-corrected chi connectivity index (χ4v) is 5.87. The number of likely N-dealkylation sites (tertiary alicyclic amines) is 1. The molecule has 146 valence electrons. The zero-order chi connectivity index (χ0) is 19.6. The number of sulfonamides is 1. The molecular formula is C20H21N3O3S2. The smallest absolute Gasteiger partial charge is 0.266 e. The molecule has 0 bridgehead atoms. The van der Waals surface area contributed by atoms with Crippen molar-refractivity contribution in [1.29, 1.82) is 0 Å². The number of nitrogens with zero attached hydrogens (tertiary/aromatic N) is 3. The van der Waals surface area contributed by atoms with Crippen LogP contribution in [0.5, 0.6) is 0 Å². The Balaban J connectivity index is 1.73. The van der Waals surface area contributed by atoms with Crippen molar-refractivity contribution in [3.63, 3.8) is 0 Å². The zero-order valence-corrected chi connectivity index (χ0v) is 17.0. The van der Waals surface area contributed by atoms with E-state index in [4.69, 9.17) is 0 Å². The van der Waals surface area contributed by atoms with Gasteiger partial charge in [-0.2, -0.15) is 0 Å². The third kappa shape index (κ3) is 3.74. The summed E-state index contributed by atoms with van der Waals surface area (Å²) in [6.07, 6.45) is 3.02. The molecule has 1 aromatic heterocycles. The maximum atomic E-state index is 13.3. The molecule has 0 spiro atoms. The van der Waals surface area contributed by atoms with Crippen LogP contribution in [-0.2, 0) is 14.8 Å². The van der Waals surface area contributed by atoms with Gasteiger partial charge >= 0.3 is 0 Å². The average molecular weight is 416 g/mol. The van der Waals surface area contributed by atoms with E-state index >= 15 is 0 Å². The zero-order valence-electron chi connectivity index (χ0n) is 15.3. The lowest BCUT2D eigenvalue weighted by molar-refractivity contribution is -0.130. The van der Waals surface area contributed by atoms with Gasteiger partial charge in [-0.15, -0.1) is 0 Å². The number of anilines is 1. The normalized spacial score (nSPS) is 14.9. The Labute approximate surface area is 168 Å². The van der Waals surface area contributed by atoms with Crippen LogP contribution in [0.2, 0.25) is 0 Å². The second-order valence-electron chi connectivity index (χ2n) is 6.73. The maximum Gasteiger partial charge on any atom is 0.266 e. The van der Waals surface area contributed by atoms with Gasteiger partial charge in [0.2, 0.25) is 11.0 Å². The molecule has 0 unspecified atom stereocenters. The van der Waals surface area contributed by atoms with E-state index in [9.17, 15) is 13.2 Å². The van der Waals surface area contributed by atoms with E-state index in [0.717, 1.165) is 33.8 Å². The summed E-state index contributed by atoms with van der Waals surface area (Å²) >= 11 is 1.28. The summed E-state index contributed by atoms with van der Waals surface area (Å²) in [5.41, 5.74) is 0.723. The lowest BCUT2D eigenvalue weighted by Gasteiger charge is -2.29. The van der Waals surface area contributed by atoms with Gasteiger partial charge in [0.15, 0.2) is 0 Å². The van der Waals surface area contributed by atoms with E-state index in [1.54, 1.807) is 35.2 Å². The molecule has 3 aromatic rings. The Kier molecular flexibility index (Phi) is 5.32. The fourth-order valence-electron chi connectivity index (χ4n) is 3.31. The van der Waals surface area contributed by atoms with Gasteiger partial charge in [-0.05, 0) is 43.5 Å². The summed E-state index contributed by atoms with van der Waals surface area (Å²) in [6.45, 7) is 1.12. The third-order valence-electron chi connectivity index (χ3n) is 4.81. The lowest BCUT2D eigenvalue weighted by Crippen LogP contribution is -2.44. The minimum absolute atomic E-state index is 0.153. The molecule has 1 amide bonds. The number of piperidine rings is 1. The van der Waals surface area contributed by atoms with Crippen molar-refractivity contribution in [2.45, 2.75) is 24.2 Å². The Morgan fingerprint density at radius 2 is 1.68 bits per heavy atom. The molecule has 1 fully saturated rings. The number of aromatic nitrogens is 1. The quantitative estimate of drug-likeness (QED) is 0.639. The first-order valence-electron chi connectivity index (χ1n) is 9.27. The van der Waals surface area contributed by atoms with E-state index in [1.807, 2.05) is 24.3 Å². The number of hydrogen-bond donors (Lipinski definition) is 0. The van der Waals surface area contributed by atoms with Gasteiger partial charge < -0.3 is 4.90 Å². The van der Waals surface area contributed by atoms with Crippen LogP contribution in [0.4, 0.5) is 5.13 Å². The first-order valence-corrected chi connectivity index (χ1v) is 11.5. The summed E-state index contributed by atoms with van der Waals surface area (Å²) in [5, 5.41) is 0.315. The number of rotatable bonds is 5. The average Bonchev–Trinajstić information content (AvgIpc) is 3.16. The van der Waals surface area contributed by atoms with Crippen LogP contribution in [0, 0.1) is 0 Å². The van der Waals surface area contributed by atoms with Crippen LogP contribution >= 0.6 is 11.3 Å². The van der Waals surface area contributed by atoms with Crippen molar-refractivity contribution in [3.05, 3.63) is 54.6 Å². The van der Waals surface area contributed by atoms with E-state index in [1.165, 1.54) is 11.3 Å². The molecule has 0 radical (unpaired) electrons. The minimum Gasteiger partial charge on any atom is -0.341 e. The summed E-state index contributed by atoms with van der Waals surface area (Å²) in [7, 11) is -3.90. The number of amides is 1. The monoisotopic (exact) mass is 415 g/mol. The van der Waals surface area contributed by atoms with Crippen LogP contribution in [0.25, 0.3) is 10.2 Å². The predicted molar refractivity (Wildman–Crippen MR) is 111 cm³/mol. The molecule has 6 nitrogen and oxygen atoms in total. The van der Waals surface area contributed by atoms with Crippen LogP contribution in [-0.4, -0.2) is 43.8 Å². The van der Waals surface area contributed by atoms with E-state index in [2.05, 4.69) is 4.98 Å². The van der Waals surface area contributed by atoms with Crippen molar-refractivity contribution in [2.75, 3.05) is 23.9 Å². The summed E-state index contributed by atoms with van der Waals surface area (Å²) < 4.78 is 28.7. The molecule has 2 heterocycles. The maximum absolute atomic E-state index is 13.3. The Hall–Kier alpha value is -2.45. The van der Waals surface area contributed by atoms with Gasteiger partial charge in [0.25, 0.3) is 10.0 Å². The number of fused-ring (bicyclic) bond motifs is 1. The van der Waals surface area contributed by atoms with E-state index in [0.29, 0.717) is 18.2 Å². The van der Waals surface area contributed by atoms with Crippen LogP contribution < -0.4 is 4.31 Å². The van der Waals surface area contributed by atoms with E-state index in [-0.39, 0.29) is 17.3 Å². The lowest BCUT2D eigenvalue weighted by atomic mass is 10.1. The Morgan fingerprint density at radius 1 is 1.00 bits per heavy atom. The van der Waals surface area contributed by atoms with Crippen molar-refractivity contribution < 1.29 is 13.2 Å². The van der Waals surface area contributed by atoms with Crippen molar-refractivity contribution in [3.8, 4) is 0 Å². The molecule has 0 atom stereocenters. The molecule has 4 rings (SSSR count). The number of carbonyl (C=O) groups is 1. The van der Waals surface area contributed by atoms with Crippen LogP contribution in [0.1, 0.15) is 19.3 Å². The van der Waals surface area contributed by atoms with Gasteiger partial charge in [-0.1, -0.05) is 41.7 Å². The van der Waals surface area contributed by atoms with Crippen molar-refractivity contribution in [2.24, 2.45) is 0 Å². The number of carbonyl (C=O) groups excluding carboxylic acids is 1. The Morgan fingerprint density at radius 3 is 2.39 bits per heavy atom. The molecule has 1 aliphatic rings. The van der Waals surface area contributed by atoms with Gasteiger partial charge in [0.1, 0.15) is 6.54 Å². The third-order valence-corrected chi connectivity index (χ3v) is 7.74. The second kappa shape index (κ2) is 7.89. The summed E-state index contributed by atoms with van der Waals surface area (Å²) in [6, 6.07) is 15.7. The van der Waals surface area contributed by atoms with Gasteiger partial charge in [0.05, 0.1) is 15.1 Å². The first-order chi connectivity index (χ1) is 13.6. The highest BCUT2D eigenvalue weighted by atomic mass is 32.2. The number of benzene rings is 2. The molecule has 1 saturated heterocycles. The number of hydrogen-bond acceptors (Lipinski definition) is 5. The molecular weight excluding hydrogens is 394 g/mol. The largest absolute Gasteiger partial charge is 0.341 e. The predicted octanol–water partition coefficient (Wildman–Crippen LogP) is 3.50. The summed E-state index contributed by atoms with van der Waals surface area (Å²) in [4.78, 5) is 19.3. The molecule has 28 heavy (non-hydrogen) atoms. The SMILES string of the molecule is O=C(CN(c1nc2ccccc2s1)S(=O)(=O)c1ccccc1)N1CCCCC1. The highest BCUT2D eigenvalue weighted by Crippen LogP contribution is 2.32. The van der Waals surface area contributed by atoms with Gasteiger partial charge in [0, 0.05) is 13.1 Å². The molecule has 0 N–H and O–H groups in total. The van der Waals surface area contributed by atoms with Crippen molar-refractivity contribution in [1.82, 2.24) is 9.88 Å². The fraction of sp³-hybridized carbons (Fsp3) is 0.300. The van der Waals surface area contributed by atoms with Crippen molar-refractivity contribution >= 4 is 42.6 Å². The molecule has 0 aliphatic carbocycles. The van der Waals surface area contributed by atoms with Gasteiger partial charge in [-0.25, -0.2) is 17.7 Å². The highest BCUT2D eigenvalue weighted by molar-refractivity contribution is 7.93.